The van der Waals surface area contributed by atoms with Gasteiger partial charge in [0.05, 0.1) is 25.3 Å². The Hall–Kier alpha value is -5.50. The van der Waals surface area contributed by atoms with Crippen LogP contribution < -0.4 is 16.4 Å². The molecule has 0 atom stereocenters. The van der Waals surface area contributed by atoms with Crippen molar-refractivity contribution in [2.75, 3.05) is 63.4 Å². The zero-order valence-corrected chi connectivity index (χ0v) is 31.4. The maximum Gasteiger partial charge on any atom is 0.312 e. The van der Waals surface area contributed by atoms with Crippen LogP contribution in [0.2, 0.25) is 0 Å². The molecule has 0 bridgehead atoms. The van der Waals surface area contributed by atoms with Gasteiger partial charge in [-0.2, -0.15) is 12.6 Å². The lowest BCUT2D eigenvalue weighted by Crippen LogP contribution is -2.49. The van der Waals surface area contributed by atoms with E-state index in [1.165, 1.54) is 9.80 Å². The molecule has 0 aliphatic carbocycles. The van der Waals surface area contributed by atoms with E-state index < -0.39 is 6.03 Å². The smallest absolute Gasteiger partial charge is 0.312 e. The Bertz CT molecular complexity index is 1910. The van der Waals surface area contributed by atoms with E-state index in [2.05, 4.69) is 38.2 Å². The van der Waals surface area contributed by atoms with Crippen LogP contribution in [0.1, 0.15) is 31.4 Å². The van der Waals surface area contributed by atoms with E-state index in [0.29, 0.717) is 43.8 Å². The van der Waals surface area contributed by atoms with Gasteiger partial charge in [-0.25, -0.2) is 4.79 Å². The highest BCUT2D eigenvalue weighted by molar-refractivity contribution is 7.80. The monoisotopic (exact) mass is 741 g/mol. The minimum Gasteiger partial charge on any atom is -0.375 e. The molecule has 0 fully saturated rings. The number of amides is 5. The molecule has 5 amide bonds. The quantitative estimate of drug-likeness (QED) is 0.0540. The number of H-pyrrole nitrogens is 2. The van der Waals surface area contributed by atoms with E-state index in [0.717, 1.165) is 32.9 Å². The highest BCUT2D eigenvalue weighted by atomic mass is 32.1. The van der Waals surface area contributed by atoms with E-state index in [1.54, 1.807) is 23.4 Å². The Morgan fingerprint density at radius 2 is 1.30 bits per heavy atom. The average molecular weight is 742 g/mol. The number of primary amides is 1. The van der Waals surface area contributed by atoms with Gasteiger partial charge < -0.3 is 41.0 Å². The van der Waals surface area contributed by atoms with Crippen LogP contribution >= 0.6 is 12.6 Å². The van der Waals surface area contributed by atoms with Gasteiger partial charge in [0.25, 0.3) is 0 Å². The summed E-state index contributed by atoms with van der Waals surface area (Å²) in [5.41, 5.74) is 10.1. The van der Waals surface area contributed by atoms with Crippen molar-refractivity contribution in [3.8, 4) is 0 Å². The van der Waals surface area contributed by atoms with Gasteiger partial charge in [-0.3, -0.25) is 19.4 Å². The summed E-state index contributed by atoms with van der Waals surface area (Å²) in [5, 5.41) is 7.79. The molecule has 0 unspecified atom stereocenters. The molecule has 0 aliphatic heterocycles. The van der Waals surface area contributed by atoms with Crippen LogP contribution in [0.15, 0.2) is 85.5 Å². The number of fused-ring (bicyclic) bond motifs is 2. The predicted molar refractivity (Wildman–Crippen MR) is 214 cm³/mol. The fourth-order valence-corrected chi connectivity index (χ4v) is 6.26. The minimum absolute atomic E-state index is 0.0438. The summed E-state index contributed by atoms with van der Waals surface area (Å²) in [7, 11) is 0. The van der Waals surface area contributed by atoms with E-state index in [9.17, 15) is 19.2 Å². The van der Waals surface area contributed by atoms with E-state index >= 15 is 0 Å². The van der Waals surface area contributed by atoms with Gasteiger partial charge in [0, 0.05) is 85.1 Å². The molecule has 6 N–H and O–H groups in total. The van der Waals surface area contributed by atoms with Crippen LogP contribution in [0.25, 0.3) is 21.8 Å². The number of aromatic amines is 2. The highest BCUT2D eigenvalue weighted by Gasteiger charge is 2.25. The third-order valence-corrected chi connectivity index (χ3v) is 8.94. The first-order valence-electron chi connectivity index (χ1n) is 18.0. The van der Waals surface area contributed by atoms with E-state index in [1.807, 2.05) is 80.8 Å². The Balaban J connectivity index is 0.00000308. The number of hydrogen-bond acceptors (Lipinski definition) is 7. The molecule has 0 radical (unpaired) electrons. The average Bonchev–Trinajstić information content (AvgIpc) is 3.80. The van der Waals surface area contributed by atoms with Crippen molar-refractivity contribution in [2.45, 2.75) is 33.1 Å². The lowest BCUT2D eigenvalue weighted by atomic mass is 10.1. The van der Waals surface area contributed by atoms with E-state index in [-0.39, 0.29) is 57.0 Å². The SMILES string of the molecule is CC.NC(=O)NCCCN(CC(=O)N(CCS)CCc1c[nH]c2ccccc12)C(=O)CN(CCc1c[nH]c2ccccc12)C(=O)CNc1cccnc1. The number of urea groups is 1. The van der Waals surface area contributed by atoms with Crippen molar-refractivity contribution < 1.29 is 19.2 Å². The van der Waals surface area contributed by atoms with Crippen LogP contribution in [0.4, 0.5) is 10.5 Å². The molecule has 0 spiro atoms. The van der Waals surface area contributed by atoms with Crippen molar-refractivity contribution in [3.63, 3.8) is 0 Å². The zero-order valence-electron chi connectivity index (χ0n) is 30.5. The number of para-hydroxylation sites is 2. The molecule has 14 heteroatoms. The summed E-state index contributed by atoms with van der Waals surface area (Å²) in [4.78, 5) is 68.1. The summed E-state index contributed by atoms with van der Waals surface area (Å²) in [6, 6.07) is 18.8. The fourth-order valence-electron chi connectivity index (χ4n) is 6.02. The number of nitrogens with zero attached hydrogens (tertiary/aromatic N) is 4. The summed E-state index contributed by atoms with van der Waals surface area (Å²) < 4.78 is 0. The Morgan fingerprint density at radius 3 is 1.87 bits per heavy atom. The topological polar surface area (TPSA) is 173 Å². The number of nitrogens with one attached hydrogen (secondary N) is 4. The van der Waals surface area contributed by atoms with E-state index in [4.69, 9.17) is 5.73 Å². The standard InChI is InChI=1S/C37H45N9O4S.C2H6/c38-37(50)40-15-6-16-45(25-35(48)44(19-20-51)17-12-27-21-42-32-10-3-1-8-30(27)32)36(49)26-46(34(47)24-41-29-7-5-14-39-23-29)18-13-28-22-43-33-11-4-2-9-31(28)33;1-2/h1-5,7-11,14,21-23,41-43,51H,6,12-13,15-20,24-26H2,(H3,38,40,50);1-2H3. The first-order chi connectivity index (χ1) is 25.8. The normalized spacial score (nSPS) is 10.7. The summed E-state index contributed by atoms with van der Waals surface area (Å²) in [6.07, 6.45) is 8.66. The second kappa shape index (κ2) is 21.1. The molecule has 3 heterocycles. The van der Waals surface area contributed by atoms with Crippen molar-refractivity contribution >= 4 is 63.9 Å². The van der Waals surface area contributed by atoms with Crippen LogP contribution in [-0.2, 0) is 27.2 Å². The van der Waals surface area contributed by atoms with Crippen LogP contribution in [0.3, 0.4) is 0 Å². The molecule has 0 saturated heterocycles. The Morgan fingerprint density at radius 1 is 0.736 bits per heavy atom. The predicted octanol–water partition coefficient (Wildman–Crippen LogP) is 4.44. The summed E-state index contributed by atoms with van der Waals surface area (Å²) in [5.74, 6) is -0.423. The highest BCUT2D eigenvalue weighted by Crippen LogP contribution is 2.20. The molecule has 3 aromatic heterocycles. The molecule has 5 aromatic rings. The Labute approximate surface area is 316 Å². The number of carbonyl (C=O) groups excluding carboxylic acids is 4. The van der Waals surface area contributed by atoms with Crippen molar-refractivity contribution in [3.05, 3.63) is 96.6 Å². The second-order valence-electron chi connectivity index (χ2n) is 12.2. The van der Waals surface area contributed by atoms with Gasteiger partial charge in [0.15, 0.2) is 0 Å². The lowest BCUT2D eigenvalue weighted by molar-refractivity contribution is -0.143. The molecule has 2 aromatic carbocycles. The third-order valence-electron chi connectivity index (χ3n) is 8.74. The molecular formula is C39H51N9O4S. The number of anilines is 1. The number of carbonyl (C=O) groups is 4. The third kappa shape index (κ3) is 12.0. The van der Waals surface area contributed by atoms with Crippen LogP contribution in [-0.4, -0.2) is 112 Å². The molecule has 5 rings (SSSR count). The molecular weight excluding hydrogens is 691 g/mol. The fraction of sp³-hybridized carbons (Fsp3) is 0.359. The summed E-state index contributed by atoms with van der Waals surface area (Å²) in [6.45, 7) is 5.09. The molecule has 0 aliphatic rings. The van der Waals surface area contributed by atoms with Gasteiger partial charge in [0.2, 0.25) is 17.7 Å². The first kappa shape index (κ1) is 40.3. The molecule has 53 heavy (non-hydrogen) atoms. The first-order valence-corrected chi connectivity index (χ1v) is 18.7. The molecule has 282 valence electrons. The number of pyridine rings is 1. The lowest BCUT2D eigenvalue weighted by Gasteiger charge is -2.30. The number of nitrogens with two attached hydrogens (primary N) is 1. The largest absolute Gasteiger partial charge is 0.375 e. The Kier molecular flexibility index (Phi) is 16.1. The van der Waals surface area contributed by atoms with Gasteiger partial charge in [-0.05, 0) is 54.7 Å². The minimum atomic E-state index is -0.670. The number of rotatable bonds is 19. The molecule has 13 nitrogen and oxygen atoms in total. The number of hydrogen-bond donors (Lipinski definition) is 6. The van der Waals surface area contributed by atoms with Crippen molar-refractivity contribution in [1.82, 2.24) is 35.0 Å². The van der Waals surface area contributed by atoms with Crippen molar-refractivity contribution in [1.29, 1.82) is 0 Å². The number of thiol groups is 1. The maximum atomic E-state index is 14.0. The molecule has 0 saturated carbocycles. The van der Waals surface area contributed by atoms with Crippen molar-refractivity contribution in [2.24, 2.45) is 5.73 Å². The van der Waals surface area contributed by atoms with Crippen LogP contribution in [0, 0.1) is 0 Å². The zero-order chi connectivity index (χ0) is 38.0. The second-order valence-corrected chi connectivity index (χ2v) is 12.6. The van der Waals surface area contributed by atoms with Gasteiger partial charge in [0.1, 0.15) is 0 Å². The van der Waals surface area contributed by atoms with Gasteiger partial charge in [-0.15, -0.1) is 0 Å². The maximum absolute atomic E-state index is 14.0. The van der Waals surface area contributed by atoms with Gasteiger partial charge >= 0.3 is 6.03 Å². The number of benzene rings is 2. The number of aromatic nitrogens is 3. The van der Waals surface area contributed by atoms with Crippen LogP contribution in [0.5, 0.6) is 0 Å². The summed E-state index contributed by atoms with van der Waals surface area (Å²) >= 11 is 4.40. The van der Waals surface area contributed by atoms with Gasteiger partial charge in [-0.1, -0.05) is 50.2 Å².